The molecule has 1 fully saturated rings. The van der Waals surface area contributed by atoms with Gasteiger partial charge in [0.15, 0.2) is 0 Å². The molecule has 1 saturated heterocycles. The molecule has 2 atom stereocenters. The highest BCUT2D eigenvalue weighted by atomic mass is 35.5. The number of nitrogens with zero attached hydrogens (tertiary/aromatic N) is 1. The summed E-state index contributed by atoms with van der Waals surface area (Å²) in [5, 5.41) is 3.69. The molecule has 0 spiro atoms. The van der Waals surface area contributed by atoms with Crippen molar-refractivity contribution in [2.24, 2.45) is 0 Å². The molecule has 120 valence electrons. The Labute approximate surface area is 135 Å². The van der Waals surface area contributed by atoms with E-state index in [4.69, 9.17) is 21.1 Å². The van der Waals surface area contributed by atoms with Crippen LogP contribution >= 0.6 is 11.6 Å². The van der Waals surface area contributed by atoms with E-state index in [1.54, 1.807) is 0 Å². The first-order valence-corrected chi connectivity index (χ1v) is 8.04. The van der Waals surface area contributed by atoms with Gasteiger partial charge in [0.2, 0.25) is 0 Å². The Morgan fingerprint density at radius 3 is 3.09 bits per heavy atom. The highest BCUT2D eigenvalue weighted by Gasteiger charge is 2.29. The zero-order valence-corrected chi connectivity index (χ0v) is 13.4. The highest BCUT2D eigenvalue weighted by Crippen LogP contribution is 2.36. The molecule has 0 aliphatic carbocycles. The van der Waals surface area contributed by atoms with E-state index in [1.807, 2.05) is 25.2 Å². The van der Waals surface area contributed by atoms with Crippen molar-refractivity contribution in [2.75, 3.05) is 33.4 Å². The van der Waals surface area contributed by atoms with E-state index >= 15 is 0 Å². The van der Waals surface area contributed by atoms with Crippen molar-refractivity contribution in [3.05, 3.63) is 28.8 Å². The van der Waals surface area contributed by atoms with Crippen molar-refractivity contribution in [1.82, 2.24) is 10.2 Å². The van der Waals surface area contributed by atoms with Crippen LogP contribution in [0, 0.1) is 0 Å². The lowest BCUT2D eigenvalue weighted by atomic mass is 10.0. The molecule has 2 aliphatic heterocycles. The van der Waals surface area contributed by atoms with E-state index in [0.717, 1.165) is 24.9 Å². The Bertz CT molecular complexity index is 552. The van der Waals surface area contributed by atoms with Crippen LogP contribution in [0.25, 0.3) is 0 Å². The zero-order valence-electron chi connectivity index (χ0n) is 12.7. The van der Waals surface area contributed by atoms with Gasteiger partial charge in [0.25, 0.3) is 5.91 Å². The number of hydrogen-bond donors (Lipinski definition) is 1. The molecule has 0 unspecified atom stereocenters. The molecule has 0 radical (unpaired) electrons. The third-order valence-electron chi connectivity index (χ3n) is 4.13. The van der Waals surface area contributed by atoms with Crippen LogP contribution in [0.1, 0.15) is 24.4 Å². The van der Waals surface area contributed by atoms with Gasteiger partial charge in [0, 0.05) is 18.7 Å². The Morgan fingerprint density at radius 1 is 1.41 bits per heavy atom. The molecule has 22 heavy (non-hydrogen) atoms. The second-order valence-electron chi connectivity index (χ2n) is 5.83. The van der Waals surface area contributed by atoms with Crippen LogP contribution < -0.4 is 10.1 Å². The lowest BCUT2D eigenvalue weighted by Crippen LogP contribution is -2.49. The largest absolute Gasteiger partial charge is 0.492 e. The summed E-state index contributed by atoms with van der Waals surface area (Å²) < 4.78 is 11.3. The summed E-state index contributed by atoms with van der Waals surface area (Å²) in [7, 11) is 2.00. The fourth-order valence-electron chi connectivity index (χ4n) is 2.92. The quantitative estimate of drug-likeness (QED) is 0.904. The Kier molecular flexibility index (Phi) is 4.86. The maximum absolute atomic E-state index is 12.5. The fraction of sp³-hybridized carbons (Fsp3) is 0.562. The monoisotopic (exact) mass is 324 g/mol. The average Bonchev–Trinajstić information content (AvgIpc) is 2.71. The van der Waals surface area contributed by atoms with Gasteiger partial charge in [-0.25, -0.2) is 0 Å². The van der Waals surface area contributed by atoms with Gasteiger partial charge in [-0.1, -0.05) is 23.7 Å². The minimum Gasteiger partial charge on any atom is -0.492 e. The number of rotatable bonds is 2. The highest BCUT2D eigenvalue weighted by molar-refractivity contribution is 6.32. The standard InChI is InChI=1S/C16H21ClN2O3/c1-19-7-9-21-14(10-19)16(20)18-13-6-3-8-22-15-11(13)4-2-5-12(15)17/h2,4-5,13-14H,3,6-10H2,1H3,(H,18,20)/t13-,14-/m1/s1. The van der Waals surface area contributed by atoms with Gasteiger partial charge in [0.1, 0.15) is 11.9 Å². The summed E-state index contributed by atoms with van der Waals surface area (Å²) in [6.07, 6.45) is 1.30. The lowest BCUT2D eigenvalue weighted by Gasteiger charge is -2.30. The maximum atomic E-state index is 12.5. The SMILES string of the molecule is CN1CCO[C@@H](C(=O)N[C@@H]2CCCOc3c(Cl)cccc32)C1. The van der Waals surface area contributed by atoms with Crippen molar-refractivity contribution in [3.63, 3.8) is 0 Å². The van der Waals surface area contributed by atoms with E-state index < -0.39 is 6.10 Å². The number of morpholine rings is 1. The third-order valence-corrected chi connectivity index (χ3v) is 4.43. The number of para-hydroxylation sites is 1. The van der Waals surface area contributed by atoms with Gasteiger partial charge in [0.05, 0.1) is 24.3 Å². The Morgan fingerprint density at radius 2 is 2.27 bits per heavy atom. The first-order valence-electron chi connectivity index (χ1n) is 7.67. The van der Waals surface area contributed by atoms with Crippen LogP contribution in [0.15, 0.2) is 18.2 Å². The van der Waals surface area contributed by atoms with E-state index in [1.165, 1.54) is 0 Å². The first kappa shape index (κ1) is 15.6. The Balaban J connectivity index is 1.75. The summed E-state index contributed by atoms with van der Waals surface area (Å²) in [5.41, 5.74) is 0.947. The minimum atomic E-state index is -0.412. The third kappa shape index (κ3) is 3.37. The number of likely N-dealkylation sites (N-methyl/N-ethyl adjacent to an activating group) is 1. The van der Waals surface area contributed by atoms with Crippen LogP contribution in [0.3, 0.4) is 0 Å². The number of benzene rings is 1. The average molecular weight is 325 g/mol. The van der Waals surface area contributed by atoms with Crippen molar-refractivity contribution in [3.8, 4) is 5.75 Å². The normalized spacial score (nSPS) is 25.7. The summed E-state index contributed by atoms with van der Waals surface area (Å²) >= 11 is 6.22. The predicted molar refractivity (Wildman–Crippen MR) is 84.3 cm³/mol. The number of halogens is 1. The van der Waals surface area contributed by atoms with Crippen molar-refractivity contribution >= 4 is 17.5 Å². The lowest BCUT2D eigenvalue weighted by molar-refractivity contribution is -0.138. The van der Waals surface area contributed by atoms with Gasteiger partial charge in [-0.2, -0.15) is 0 Å². The van der Waals surface area contributed by atoms with Crippen LogP contribution in [-0.2, 0) is 9.53 Å². The molecule has 2 aliphatic rings. The van der Waals surface area contributed by atoms with E-state index in [-0.39, 0.29) is 11.9 Å². The summed E-state index contributed by atoms with van der Waals surface area (Å²) in [6.45, 7) is 2.69. The smallest absolute Gasteiger partial charge is 0.250 e. The van der Waals surface area contributed by atoms with Crippen LogP contribution in [0.4, 0.5) is 0 Å². The molecule has 1 amide bonds. The zero-order chi connectivity index (χ0) is 15.5. The van der Waals surface area contributed by atoms with Crippen LogP contribution in [0.2, 0.25) is 5.02 Å². The molecule has 5 nitrogen and oxygen atoms in total. The molecule has 1 aromatic carbocycles. The predicted octanol–water partition coefficient (Wildman–Crippen LogP) is 2.00. The number of fused-ring (bicyclic) bond motifs is 1. The topological polar surface area (TPSA) is 50.8 Å². The van der Waals surface area contributed by atoms with Crippen molar-refractivity contribution in [1.29, 1.82) is 0 Å². The molecular formula is C16H21ClN2O3. The van der Waals surface area contributed by atoms with Gasteiger partial charge in [-0.3, -0.25) is 4.79 Å². The number of hydrogen-bond acceptors (Lipinski definition) is 4. The summed E-state index contributed by atoms with van der Waals surface area (Å²) in [4.78, 5) is 14.6. The fourth-order valence-corrected chi connectivity index (χ4v) is 3.16. The van der Waals surface area contributed by atoms with E-state index in [0.29, 0.717) is 30.5 Å². The molecule has 6 heteroatoms. The second kappa shape index (κ2) is 6.86. The molecular weight excluding hydrogens is 304 g/mol. The number of carbonyl (C=O) groups excluding carboxylic acids is 1. The van der Waals surface area contributed by atoms with Gasteiger partial charge >= 0.3 is 0 Å². The molecule has 0 aromatic heterocycles. The van der Waals surface area contributed by atoms with Gasteiger partial charge in [-0.05, 0) is 26.0 Å². The molecule has 1 aromatic rings. The van der Waals surface area contributed by atoms with Crippen molar-refractivity contribution < 1.29 is 14.3 Å². The second-order valence-corrected chi connectivity index (χ2v) is 6.24. The van der Waals surface area contributed by atoms with Crippen LogP contribution in [0.5, 0.6) is 5.75 Å². The minimum absolute atomic E-state index is 0.0654. The molecule has 0 saturated carbocycles. The molecule has 3 rings (SSSR count). The van der Waals surface area contributed by atoms with Gasteiger partial charge < -0.3 is 19.7 Å². The number of carbonyl (C=O) groups is 1. The molecule has 0 bridgehead atoms. The number of ether oxygens (including phenoxy) is 2. The number of nitrogens with one attached hydrogen (secondary N) is 1. The van der Waals surface area contributed by atoms with E-state index in [2.05, 4.69) is 10.2 Å². The summed E-state index contributed by atoms with van der Waals surface area (Å²) in [5.74, 6) is 0.623. The Hall–Kier alpha value is -1.30. The van der Waals surface area contributed by atoms with E-state index in [9.17, 15) is 4.79 Å². The molecule has 2 heterocycles. The van der Waals surface area contributed by atoms with Gasteiger partial charge in [-0.15, -0.1) is 0 Å². The summed E-state index contributed by atoms with van der Waals surface area (Å²) in [6, 6.07) is 5.58. The maximum Gasteiger partial charge on any atom is 0.250 e. The molecule has 1 N–H and O–H groups in total. The first-order chi connectivity index (χ1) is 10.6. The van der Waals surface area contributed by atoms with Crippen molar-refractivity contribution in [2.45, 2.75) is 25.0 Å². The number of amides is 1. The van der Waals surface area contributed by atoms with Crippen LogP contribution in [-0.4, -0.2) is 50.3 Å².